The van der Waals surface area contributed by atoms with E-state index in [1.165, 1.54) is 9.80 Å². The summed E-state index contributed by atoms with van der Waals surface area (Å²) in [5.41, 5.74) is -0.220. The van der Waals surface area contributed by atoms with E-state index in [0.29, 0.717) is 19.5 Å². The molecule has 1 aliphatic heterocycles. The number of imide groups is 2. The van der Waals surface area contributed by atoms with Gasteiger partial charge in [0.15, 0.2) is 0 Å². The second-order valence-electron chi connectivity index (χ2n) is 7.49. The molecule has 146 valence electrons. The van der Waals surface area contributed by atoms with Gasteiger partial charge in [-0.05, 0) is 50.5 Å². The van der Waals surface area contributed by atoms with Gasteiger partial charge >= 0.3 is 6.03 Å². The van der Waals surface area contributed by atoms with Crippen LogP contribution < -0.4 is 0 Å². The molecule has 1 heterocycles. The third-order valence-corrected chi connectivity index (χ3v) is 5.77. The van der Waals surface area contributed by atoms with E-state index in [-0.39, 0.29) is 11.8 Å². The number of rotatable bonds is 8. The number of barbiturate groups is 1. The molecule has 0 aromatic heterocycles. The molecule has 5 nitrogen and oxygen atoms in total. The molecule has 0 unspecified atom stereocenters. The molecule has 0 saturated carbocycles. The molecule has 5 heteroatoms. The second-order valence-corrected chi connectivity index (χ2v) is 7.49. The van der Waals surface area contributed by atoms with Crippen LogP contribution in [0, 0.1) is 5.41 Å². The van der Waals surface area contributed by atoms with Crippen molar-refractivity contribution < 1.29 is 14.4 Å². The van der Waals surface area contributed by atoms with Crippen LogP contribution in [-0.4, -0.2) is 40.7 Å². The average Bonchev–Trinajstić information content (AvgIpc) is 2.92. The molecular formula is C21H34N2O3. The van der Waals surface area contributed by atoms with E-state index in [4.69, 9.17) is 0 Å². The first kappa shape index (κ1) is 20.7. The molecule has 0 bridgehead atoms. The van der Waals surface area contributed by atoms with Crippen LogP contribution in [0.15, 0.2) is 11.6 Å². The maximum Gasteiger partial charge on any atom is 0.333 e. The molecule has 0 radical (unpaired) electrons. The Balaban J connectivity index is 2.47. The number of carbonyl (C=O) groups is 3. The van der Waals surface area contributed by atoms with E-state index in [1.807, 2.05) is 20.8 Å². The van der Waals surface area contributed by atoms with Crippen LogP contribution in [0.2, 0.25) is 0 Å². The standard InChI is InChI=1S/C21H34N2O3/c1-4-7-15-22-18(24)21(6-3,17-13-11-9-10-12-14-17)19(25)23(20(22)26)16-8-5-2/h13H,4-12,14-16H2,1-3H3. The zero-order valence-corrected chi connectivity index (χ0v) is 16.7. The van der Waals surface area contributed by atoms with Gasteiger partial charge in [0.05, 0.1) is 0 Å². The van der Waals surface area contributed by atoms with E-state index in [1.54, 1.807) is 0 Å². The van der Waals surface area contributed by atoms with Crippen molar-refractivity contribution in [2.24, 2.45) is 5.41 Å². The zero-order chi connectivity index (χ0) is 19.2. The Labute approximate surface area is 157 Å². The molecule has 0 aromatic rings. The summed E-state index contributed by atoms with van der Waals surface area (Å²) in [6.45, 7) is 6.80. The van der Waals surface area contributed by atoms with Crippen molar-refractivity contribution in [3.8, 4) is 0 Å². The summed E-state index contributed by atoms with van der Waals surface area (Å²) in [5, 5.41) is 0. The number of hydrogen-bond acceptors (Lipinski definition) is 3. The molecule has 26 heavy (non-hydrogen) atoms. The maximum absolute atomic E-state index is 13.5. The Bertz CT molecular complexity index is 538. The van der Waals surface area contributed by atoms with E-state index in [2.05, 4.69) is 6.08 Å². The van der Waals surface area contributed by atoms with Crippen LogP contribution in [-0.2, 0) is 9.59 Å². The Kier molecular flexibility index (Phi) is 7.42. The van der Waals surface area contributed by atoms with Crippen molar-refractivity contribution in [2.45, 2.75) is 85.0 Å². The van der Waals surface area contributed by atoms with Crippen molar-refractivity contribution in [1.29, 1.82) is 0 Å². The van der Waals surface area contributed by atoms with Crippen LogP contribution in [0.3, 0.4) is 0 Å². The lowest BCUT2D eigenvalue weighted by atomic mass is 9.72. The van der Waals surface area contributed by atoms with Gasteiger partial charge in [-0.15, -0.1) is 0 Å². The van der Waals surface area contributed by atoms with Gasteiger partial charge in [-0.1, -0.05) is 46.1 Å². The molecule has 4 amide bonds. The van der Waals surface area contributed by atoms with Gasteiger partial charge in [0, 0.05) is 13.1 Å². The molecule has 2 rings (SSSR count). The highest BCUT2D eigenvalue weighted by molar-refractivity contribution is 6.21. The second kappa shape index (κ2) is 9.33. The Morgan fingerprint density at radius 3 is 1.96 bits per heavy atom. The van der Waals surface area contributed by atoms with Crippen LogP contribution in [0.5, 0.6) is 0 Å². The number of allylic oxidation sites excluding steroid dienone is 1. The van der Waals surface area contributed by atoms with E-state index >= 15 is 0 Å². The first-order valence-corrected chi connectivity index (χ1v) is 10.4. The number of amides is 4. The topological polar surface area (TPSA) is 57.7 Å². The smallest absolute Gasteiger partial charge is 0.273 e. The van der Waals surface area contributed by atoms with Crippen molar-refractivity contribution in [3.05, 3.63) is 11.6 Å². The molecule has 1 aliphatic carbocycles. The predicted molar refractivity (Wildman–Crippen MR) is 103 cm³/mol. The third kappa shape index (κ3) is 3.72. The molecule has 2 aliphatic rings. The zero-order valence-electron chi connectivity index (χ0n) is 16.7. The quantitative estimate of drug-likeness (QED) is 0.466. The maximum atomic E-state index is 13.5. The first-order chi connectivity index (χ1) is 12.5. The molecule has 1 saturated heterocycles. The number of hydrogen-bond donors (Lipinski definition) is 0. The summed E-state index contributed by atoms with van der Waals surface area (Å²) in [6.07, 6.45) is 10.8. The highest BCUT2D eigenvalue weighted by atomic mass is 16.2. The van der Waals surface area contributed by atoms with Crippen molar-refractivity contribution in [3.63, 3.8) is 0 Å². The van der Waals surface area contributed by atoms with Crippen LogP contribution in [0.4, 0.5) is 4.79 Å². The van der Waals surface area contributed by atoms with Crippen LogP contribution >= 0.6 is 0 Å². The normalized spacial score (nSPS) is 21.0. The van der Waals surface area contributed by atoms with Gasteiger partial charge in [0.25, 0.3) is 0 Å². The minimum Gasteiger partial charge on any atom is -0.273 e. The number of nitrogens with zero attached hydrogens (tertiary/aromatic N) is 2. The lowest BCUT2D eigenvalue weighted by Gasteiger charge is -2.45. The van der Waals surface area contributed by atoms with E-state index in [9.17, 15) is 14.4 Å². The number of urea groups is 1. The van der Waals surface area contributed by atoms with Gasteiger partial charge in [-0.2, -0.15) is 0 Å². The molecule has 0 aromatic carbocycles. The highest BCUT2D eigenvalue weighted by Crippen LogP contribution is 2.43. The Hall–Kier alpha value is -1.65. The fourth-order valence-corrected chi connectivity index (χ4v) is 4.11. The SMILES string of the molecule is CCCCN1C(=O)N(CCCC)C(=O)C(CC)(C2=CCCCCC2)C1=O. The molecule has 0 atom stereocenters. The lowest BCUT2D eigenvalue weighted by molar-refractivity contribution is -0.156. The summed E-state index contributed by atoms with van der Waals surface area (Å²) in [5.74, 6) is -0.575. The minimum atomic E-state index is -1.17. The van der Waals surface area contributed by atoms with Crippen molar-refractivity contribution in [2.75, 3.05) is 13.1 Å². The number of unbranched alkanes of at least 4 members (excludes halogenated alkanes) is 2. The van der Waals surface area contributed by atoms with Gasteiger partial charge < -0.3 is 0 Å². The van der Waals surface area contributed by atoms with Crippen molar-refractivity contribution >= 4 is 17.8 Å². The largest absolute Gasteiger partial charge is 0.333 e. The summed E-state index contributed by atoms with van der Waals surface area (Å²) < 4.78 is 0. The highest BCUT2D eigenvalue weighted by Gasteiger charge is 2.57. The molecule has 1 fully saturated rings. The molecule has 0 N–H and O–H groups in total. The number of carbonyl (C=O) groups excluding carboxylic acids is 3. The van der Waals surface area contributed by atoms with Gasteiger partial charge in [0.1, 0.15) is 5.41 Å². The summed E-state index contributed by atoms with van der Waals surface area (Å²) in [7, 11) is 0. The third-order valence-electron chi connectivity index (χ3n) is 5.77. The molecule has 0 spiro atoms. The lowest BCUT2D eigenvalue weighted by Crippen LogP contribution is -2.65. The summed E-state index contributed by atoms with van der Waals surface area (Å²) in [4.78, 5) is 42.5. The minimum absolute atomic E-state index is 0.288. The Morgan fingerprint density at radius 2 is 1.46 bits per heavy atom. The molecular weight excluding hydrogens is 328 g/mol. The van der Waals surface area contributed by atoms with Gasteiger partial charge in [0.2, 0.25) is 11.8 Å². The monoisotopic (exact) mass is 362 g/mol. The van der Waals surface area contributed by atoms with Gasteiger partial charge in [-0.3, -0.25) is 19.4 Å². The van der Waals surface area contributed by atoms with Crippen LogP contribution in [0.25, 0.3) is 0 Å². The van der Waals surface area contributed by atoms with Crippen molar-refractivity contribution in [1.82, 2.24) is 9.80 Å². The first-order valence-electron chi connectivity index (χ1n) is 10.4. The summed E-state index contributed by atoms with van der Waals surface area (Å²) in [6, 6.07) is -0.416. The van der Waals surface area contributed by atoms with E-state index < -0.39 is 11.4 Å². The van der Waals surface area contributed by atoms with E-state index in [0.717, 1.165) is 63.4 Å². The van der Waals surface area contributed by atoms with Gasteiger partial charge in [-0.25, -0.2) is 4.79 Å². The fraction of sp³-hybridized carbons (Fsp3) is 0.762. The average molecular weight is 363 g/mol. The fourth-order valence-electron chi connectivity index (χ4n) is 4.11. The summed E-state index contributed by atoms with van der Waals surface area (Å²) >= 11 is 0. The van der Waals surface area contributed by atoms with Crippen LogP contribution in [0.1, 0.15) is 85.0 Å². The predicted octanol–water partition coefficient (Wildman–Crippen LogP) is 4.66. The Morgan fingerprint density at radius 1 is 0.885 bits per heavy atom.